The van der Waals surface area contributed by atoms with Crippen molar-refractivity contribution < 1.29 is 4.79 Å². The van der Waals surface area contributed by atoms with E-state index in [1.165, 1.54) is 12.0 Å². The molecule has 1 amide bonds. The van der Waals surface area contributed by atoms with E-state index >= 15 is 0 Å². The summed E-state index contributed by atoms with van der Waals surface area (Å²) in [7, 11) is 0. The molecule has 106 valence electrons. The van der Waals surface area contributed by atoms with Gasteiger partial charge in [0.25, 0.3) is 0 Å². The number of hydrogen-bond acceptors (Lipinski definition) is 2. The Morgan fingerprint density at radius 3 is 2.89 bits per heavy atom. The SMILES string of the molecule is CC(C)c1cccc(NC(=O)CC2CCCN2)c1.Cl. The fourth-order valence-electron chi connectivity index (χ4n) is 2.34. The second kappa shape index (κ2) is 7.51. The lowest BCUT2D eigenvalue weighted by molar-refractivity contribution is -0.116. The van der Waals surface area contributed by atoms with Crippen molar-refractivity contribution >= 4 is 24.0 Å². The molecule has 1 aliphatic heterocycles. The molecule has 1 unspecified atom stereocenters. The van der Waals surface area contributed by atoms with E-state index in [0.717, 1.165) is 18.7 Å². The zero-order valence-corrected chi connectivity index (χ0v) is 12.4. The number of halogens is 1. The van der Waals surface area contributed by atoms with Gasteiger partial charge in [0.1, 0.15) is 0 Å². The van der Waals surface area contributed by atoms with Crippen molar-refractivity contribution in [1.82, 2.24) is 5.32 Å². The highest BCUT2D eigenvalue weighted by molar-refractivity contribution is 5.91. The largest absolute Gasteiger partial charge is 0.326 e. The Balaban J connectivity index is 0.00000180. The number of nitrogens with one attached hydrogen (secondary N) is 2. The van der Waals surface area contributed by atoms with Crippen molar-refractivity contribution in [2.45, 2.75) is 45.1 Å². The van der Waals surface area contributed by atoms with Gasteiger partial charge in [0.05, 0.1) is 0 Å². The molecule has 0 radical (unpaired) electrons. The summed E-state index contributed by atoms with van der Waals surface area (Å²) in [6.45, 7) is 5.35. The van der Waals surface area contributed by atoms with E-state index in [-0.39, 0.29) is 18.3 Å². The van der Waals surface area contributed by atoms with Crippen molar-refractivity contribution in [3.05, 3.63) is 29.8 Å². The van der Waals surface area contributed by atoms with Gasteiger partial charge in [-0.1, -0.05) is 26.0 Å². The molecule has 1 aromatic carbocycles. The van der Waals surface area contributed by atoms with Crippen LogP contribution in [0.3, 0.4) is 0 Å². The first-order chi connectivity index (χ1) is 8.65. The van der Waals surface area contributed by atoms with Crippen LogP contribution in [0.5, 0.6) is 0 Å². The molecule has 0 aromatic heterocycles. The van der Waals surface area contributed by atoms with Gasteiger partial charge in [-0.2, -0.15) is 0 Å². The van der Waals surface area contributed by atoms with E-state index in [0.29, 0.717) is 18.4 Å². The quantitative estimate of drug-likeness (QED) is 0.889. The van der Waals surface area contributed by atoms with Crippen LogP contribution in [0.25, 0.3) is 0 Å². The maximum Gasteiger partial charge on any atom is 0.225 e. The molecule has 1 aliphatic rings. The zero-order valence-electron chi connectivity index (χ0n) is 11.6. The third kappa shape index (κ3) is 4.84. The summed E-state index contributed by atoms with van der Waals surface area (Å²) in [5, 5.41) is 6.33. The van der Waals surface area contributed by atoms with E-state index in [2.05, 4.69) is 36.6 Å². The fourth-order valence-corrected chi connectivity index (χ4v) is 2.34. The highest BCUT2D eigenvalue weighted by Gasteiger charge is 2.17. The molecule has 19 heavy (non-hydrogen) atoms. The maximum absolute atomic E-state index is 11.9. The van der Waals surface area contributed by atoms with Crippen LogP contribution in [0.15, 0.2) is 24.3 Å². The van der Waals surface area contributed by atoms with Gasteiger partial charge in [-0.25, -0.2) is 0 Å². The average molecular weight is 283 g/mol. The summed E-state index contributed by atoms with van der Waals surface area (Å²) < 4.78 is 0. The number of carbonyl (C=O) groups excluding carboxylic acids is 1. The van der Waals surface area contributed by atoms with Crippen LogP contribution < -0.4 is 10.6 Å². The number of benzene rings is 1. The predicted octanol–water partition coefficient (Wildman–Crippen LogP) is 3.31. The van der Waals surface area contributed by atoms with Crippen LogP contribution in [0.2, 0.25) is 0 Å². The molecule has 3 nitrogen and oxygen atoms in total. The maximum atomic E-state index is 11.9. The first kappa shape index (κ1) is 16.0. The summed E-state index contributed by atoms with van der Waals surface area (Å²) in [4.78, 5) is 11.9. The summed E-state index contributed by atoms with van der Waals surface area (Å²) in [6, 6.07) is 8.46. The lowest BCUT2D eigenvalue weighted by atomic mass is 10.0. The van der Waals surface area contributed by atoms with E-state index < -0.39 is 0 Å². The van der Waals surface area contributed by atoms with E-state index in [1.807, 2.05) is 12.1 Å². The molecular weight excluding hydrogens is 260 g/mol. The van der Waals surface area contributed by atoms with E-state index in [9.17, 15) is 4.79 Å². The molecule has 0 bridgehead atoms. The third-order valence-electron chi connectivity index (χ3n) is 3.43. The number of carbonyl (C=O) groups is 1. The molecular formula is C15H23ClN2O. The minimum absolute atomic E-state index is 0. The second-order valence-electron chi connectivity index (χ2n) is 5.33. The van der Waals surface area contributed by atoms with Gasteiger partial charge in [0.2, 0.25) is 5.91 Å². The lowest BCUT2D eigenvalue weighted by Crippen LogP contribution is -2.27. The molecule has 1 saturated heterocycles. The molecule has 1 fully saturated rings. The van der Waals surface area contributed by atoms with Crippen molar-refractivity contribution in [3.63, 3.8) is 0 Å². The number of rotatable bonds is 4. The molecule has 0 aliphatic carbocycles. The molecule has 4 heteroatoms. The Morgan fingerprint density at radius 1 is 1.47 bits per heavy atom. The van der Waals surface area contributed by atoms with Crippen molar-refractivity contribution in [3.8, 4) is 0 Å². The molecule has 2 rings (SSSR count). The zero-order chi connectivity index (χ0) is 13.0. The summed E-state index contributed by atoms with van der Waals surface area (Å²) in [5.74, 6) is 0.591. The van der Waals surface area contributed by atoms with Gasteiger partial charge in [0, 0.05) is 18.2 Å². The Kier molecular flexibility index (Phi) is 6.32. The monoisotopic (exact) mass is 282 g/mol. The average Bonchev–Trinajstić information content (AvgIpc) is 2.82. The summed E-state index contributed by atoms with van der Waals surface area (Å²) in [6.07, 6.45) is 2.87. The van der Waals surface area contributed by atoms with Crippen molar-refractivity contribution in [1.29, 1.82) is 0 Å². The van der Waals surface area contributed by atoms with Crippen LogP contribution >= 0.6 is 12.4 Å². The first-order valence-corrected chi connectivity index (χ1v) is 6.78. The van der Waals surface area contributed by atoms with Gasteiger partial charge < -0.3 is 10.6 Å². The summed E-state index contributed by atoms with van der Waals surface area (Å²) >= 11 is 0. The van der Waals surface area contributed by atoms with E-state index in [4.69, 9.17) is 0 Å². The van der Waals surface area contributed by atoms with Gasteiger partial charge >= 0.3 is 0 Å². The Labute approximate surface area is 121 Å². The fraction of sp³-hybridized carbons (Fsp3) is 0.533. The van der Waals surface area contributed by atoms with Crippen LogP contribution in [-0.2, 0) is 4.79 Å². The van der Waals surface area contributed by atoms with Crippen LogP contribution in [-0.4, -0.2) is 18.5 Å². The van der Waals surface area contributed by atoms with Crippen molar-refractivity contribution in [2.75, 3.05) is 11.9 Å². The highest BCUT2D eigenvalue weighted by Crippen LogP contribution is 2.19. The molecule has 0 spiro atoms. The standard InChI is InChI=1S/C15H22N2O.ClH/c1-11(2)12-5-3-6-14(9-12)17-15(18)10-13-7-4-8-16-13;/h3,5-6,9,11,13,16H,4,7-8,10H2,1-2H3,(H,17,18);1H. The highest BCUT2D eigenvalue weighted by atomic mass is 35.5. The molecule has 1 heterocycles. The lowest BCUT2D eigenvalue weighted by Gasteiger charge is -2.12. The second-order valence-corrected chi connectivity index (χ2v) is 5.33. The topological polar surface area (TPSA) is 41.1 Å². The van der Waals surface area contributed by atoms with E-state index in [1.54, 1.807) is 0 Å². The van der Waals surface area contributed by atoms with Crippen LogP contribution in [0.1, 0.15) is 44.6 Å². The third-order valence-corrected chi connectivity index (χ3v) is 3.43. The summed E-state index contributed by atoms with van der Waals surface area (Å²) in [5.41, 5.74) is 2.16. The number of amides is 1. The van der Waals surface area contributed by atoms with Gasteiger partial charge in [-0.15, -0.1) is 12.4 Å². The molecule has 1 aromatic rings. The smallest absolute Gasteiger partial charge is 0.225 e. The molecule has 0 saturated carbocycles. The minimum atomic E-state index is 0. The minimum Gasteiger partial charge on any atom is -0.326 e. The normalized spacial score (nSPS) is 18.2. The Bertz CT molecular complexity index is 414. The van der Waals surface area contributed by atoms with Gasteiger partial charge in [-0.3, -0.25) is 4.79 Å². The number of hydrogen-bond donors (Lipinski definition) is 2. The Morgan fingerprint density at radius 2 is 2.26 bits per heavy atom. The van der Waals surface area contributed by atoms with Crippen LogP contribution in [0, 0.1) is 0 Å². The molecule has 1 atom stereocenters. The first-order valence-electron chi connectivity index (χ1n) is 6.78. The van der Waals surface area contributed by atoms with Gasteiger partial charge in [-0.05, 0) is 43.0 Å². The Hall–Kier alpha value is -1.06. The van der Waals surface area contributed by atoms with Crippen LogP contribution in [0.4, 0.5) is 5.69 Å². The molecule has 2 N–H and O–H groups in total. The number of anilines is 1. The van der Waals surface area contributed by atoms with Crippen molar-refractivity contribution in [2.24, 2.45) is 0 Å². The predicted molar refractivity (Wildman–Crippen MR) is 82.1 cm³/mol. The van der Waals surface area contributed by atoms with Gasteiger partial charge in [0.15, 0.2) is 0 Å².